The maximum absolute atomic E-state index is 11.9. The summed E-state index contributed by atoms with van der Waals surface area (Å²) in [6.45, 7) is 5.82. The minimum absolute atomic E-state index is 0.271. The van der Waals surface area contributed by atoms with Crippen molar-refractivity contribution in [3.63, 3.8) is 0 Å². The van der Waals surface area contributed by atoms with E-state index in [4.69, 9.17) is 0 Å². The van der Waals surface area contributed by atoms with Crippen LogP contribution in [0.15, 0.2) is 73.3 Å². The molecule has 5 nitrogen and oxygen atoms in total. The van der Waals surface area contributed by atoms with Crippen molar-refractivity contribution < 1.29 is 24.2 Å². The molecule has 0 amide bonds. The van der Waals surface area contributed by atoms with Gasteiger partial charge in [0.05, 0.1) is 6.61 Å². The van der Waals surface area contributed by atoms with Crippen LogP contribution in [0.2, 0.25) is 0 Å². The zero-order valence-corrected chi connectivity index (χ0v) is 16.8. The van der Waals surface area contributed by atoms with Crippen LogP contribution >= 0.6 is 0 Å². The number of ether oxygens (including phenoxy) is 2. The molecule has 152 valence electrons. The van der Waals surface area contributed by atoms with Crippen LogP contribution in [0, 0.1) is 0 Å². The van der Waals surface area contributed by atoms with Gasteiger partial charge in [-0.05, 0) is 12.0 Å². The van der Waals surface area contributed by atoms with Crippen molar-refractivity contribution in [2.45, 2.75) is 25.9 Å². The van der Waals surface area contributed by atoms with Crippen molar-refractivity contribution in [1.82, 2.24) is 0 Å². The molecular formula is C23H30O5. The van der Waals surface area contributed by atoms with Crippen molar-refractivity contribution in [3.05, 3.63) is 84.4 Å². The number of methoxy groups -OCH3 is 1. The first kappa shape index (κ1) is 25.2. The van der Waals surface area contributed by atoms with Crippen LogP contribution in [0.5, 0.6) is 0 Å². The van der Waals surface area contributed by atoms with Crippen LogP contribution in [-0.4, -0.2) is 37.7 Å². The molecule has 0 saturated heterocycles. The van der Waals surface area contributed by atoms with Gasteiger partial charge in [0, 0.05) is 25.9 Å². The number of carbonyl (C=O) groups excluding carboxylic acids is 2. The van der Waals surface area contributed by atoms with Crippen molar-refractivity contribution >= 4 is 11.8 Å². The quantitative estimate of drug-likeness (QED) is 0.331. The molecular weight excluding hydrogens is 356 g/mol. The lowest BCUT2D eigenvalue weighted by molar-refractivity contribution is -0.137. The highest BCUT2D eigenvalue weighted by atomic mass is 16.5. The standard InChI is InChI=1S/C14H12O2.C7H12O2.C2H6O/c15-13(11-7-3-1-4-8-11)14(16)12-9-5-2-6-10-12;1-3-5-6-9-7(8)4-2;1-3-2/h1-10,13,15H;4H,2-3,5-6H2,1H3;1-2H3. The average Bonchev–Trinajstić information content (AvgIpc) is 2.75. The molecule has 0 aromatic heterocycles. The number of carbonyl (C=O) groups is 2. The highest BCUT2D eigenvalue weighted by Gasteiger charge is 2.18. The molecule has 28 heavy (non-hydrogen) atoms. The second kappa shape index (κ2) is 16.4. The first-order valence-corrected chi connectivity index (χ1v) is 9.03. The van der Waals surface area contributed by atoms with Gasteiger partial charge in [-0.1, -0.05) is 80.6 Å². The van der Waals surface area contributed by atoms with E-state index < -0.39 is 6.10 Å². The minimum atomic E-state index is -1.08. The van der Waals surface area contributed by atoms with Gasteiger partial charge < -0.3 is 14.6 Å². The van der Waals surface area contributed by atoms with E-state index in [1.807, 2.05) is 19.1 Å². The van der Waals surface area contributed by atoms with Crippen LogP contribution in [-0.2, 0) is 14.3 Å². The zero-order valence-electron chi connectivity index (χ0n) is 16.8. The second-order valence-corrected chi connectivity index (χ2v) is 5.68. The molecule has 0 fully saturated rings. The molecule has 2 rings (SSSR count). The van der Waals surface area contributed by atoms with E-state index >= 15 is 0 Å². The lowest BCUT2D eigenvalue weighted by atomic mass is 10.0. The Morgan fingerprint density at radius 1 is 1.04 bits per heavy atom. The zero-order chi connectivity index (χ0) is 21.2. The molecule has 2 aromatic rings. The number of esters is 1. The summed E-state index contributed by atoms with van der Waals surface area (Å²) in [6.07, 6.45) is 2.07. The summed E-state index contributed by atoms with van der Waals surface area (Å²) in [4.78, 5) is 22.2. The molecule has 0 spiro atoms. The van der Waals surface area contributed by atoms with Crippen LogP contribution in [0.3, 0.4) is 0 Å². The summed E-state index contributed by atoms with van der Waals surface area (Å²) in [5.41, 5.74) is 1.15. The Kier molecular flexibility index (Phi) is 14.8. The van der Waals surface area contributed by atoms with Gasteiger partial charge in [-0.15, -0.1) is 0 Å². The minimum Gasteiger partial charge on any atom is -0.463 e. The molecule has 0 bridgehead atoms. The number of aliphatic hydroxyl groups is 1. The van der Waals surface area contributed by atoms with Crippen molar-refractivity contribution in [2.24, 2.45) is 0 Å². The number of benzene rings is 2. The normalized spacial score (nSPS) is 10.3. The fourth-order valence-electron chi connectivity index (χ4n) is 1.92. The molecule has 0 aliphatic heterocycles. The first-order valence-electron chi connectivity index (χ1n) is 9.03. The number of unbranched alkanes of at least 4 members (excludes halogenated alkanes) is 1. The van der Waals surface area contributed by atoms with E-state index in [-0.39, 0.29) is 11.8 Å². The Morgan fingerprint density at radius 2 is 1.54 bits per heavy atom. The summed E-state index contributed by atoms with van der Waals surface area (Å²) in [5, 5.41) is 9.89. The number of Topliss-reactive ketones (excluding diaryl/α,β-unsaturated/α-hetero) is 1. The molecule has 1 N–H and O–H groups in total. The Morgan fingerprint density at radius 3 is 2.00 bits per heavy atom. The lowest BCUT2D eigenvalue weighted by Gasteiger charge is -2.09. The Bertz CT molecular complexity index is 668. The number of rotatable bonds is 7. The van der Waals surface area contributed by atoms with E-state index in [1.165, 1.54) is 6.08 Å². The number of hydrogen-bond donors (Lipinski definition) is 1. The molecule has 0 aliphatic carbocycles. The Labute approximate surface area is 167 Å². The van der Waals surface area contributed by atoms with Crippen LogP contribution in [0.4, 0.5) is 0 Å². The molecule has 2 aromatic carbocycles. The van der Waals surface area contributed by atoms with E-state index in [0.29, 0.717) is 17.7 Å². The fourth-order valence-corrected chi connectivity index (χ4v) is 1.92. The third kappa shape index (κ3) is 11.1. The van der Waals surface area contributed by atoms with E-state index in [1.54, 1.807) is 62.8 Å². The largest absolute Gasteiger partial charge is 0.463 e. The first-order chi connectivity index (χ1) is 13.5. The van der Waals surface area contributed by atoms with Crippen molar-refractivity contribution in [2.75, 3.05) is 20.8 Å². The Balaban J connectivity index is 0.000000518. The maximum atomic E-state index is 11.9. The van der Waals surface area contributed by atoms with Gasteiger partial charge in [-0.3, -0.25) is 4.79 Å². The van der Waals surface area contributed by atoms with Crippen LogP contribution < -0.4 is 0 Å². The number of hydrogen-bond acceptors (Lipinski definition) is 5. The van der Waals surface area contributed by atoms with Crippen LogP contribution in [0.1, 0.15) is 41.8 Å². The van der Waals surface area contributed by atoms with Gasteiger partial charge in [0.15, 0.2) is 5.78 Å². The third-order valence-corrected chi connectivity index (χ3v) is 3.33. The number of aliphatic hydroxyl groups excluding tert-OH is 1. The van der Waals surface area contributed by atoms with Gasteiger partial charge in [0.25, 0.3) is 0 Å². The number of ketones is 1. The lowest BCUT2D eigenvalue weighted by Crippen LogP contribution is -2.11. The SMILES string of the molecule is C=CC(=O)OCCCC.COC.O=C(c1ccccc1)C(O)c1ccccc1. The van der Waals surface area contributed by atoms with Gasteiger partial charge in [0.2, 0.25) is 0 Å². The molecule has 0 aliphatic rings. The summed E-state index contributed by atoms with van der Waals surface area (Å²) >= 11 is 0. The van der Waals surface area contributed by atoms with E-state index in [2.05, 4.69) is 16.1 Å². The highest BCUT2D eigenvalue weighted by molar-refractivity contribution is 5.99. The van der Waals surface area contributed by atoms with Gasteiger partial charge in [-0.25, -0.2) is 4.79 Å². The van der Waals surface area contributed by atoms with Crippen LogP contribution in [0.25, 0.3) is 0 Å². The summed E-state index contributed by atoms with van der Waals surface area (Å²) in [7, 11) is 3.25. The van der Waals surface area contributed by atoms with Gasteiger partial charge in [0.1, 0.15) is 6.10 Å². The molecule has 5 heteroatoms. The van der Waals surface area contributed by atoms with E-state index in [0.717, 1.165) is 12.8 Å². The topological polar surface area (TPSA) is 72.8 Å². The van der Waals surface area contributed by atoms with E-state index in [9.17, 15) is 14.7 Å². The molecule has 1 unspecified atom stereocenters. The fraction of sp³-hybridized carbons (Fsp3) is 0.304. The monoisotopic (exact) mass is 386 g/mol. The average molecular weight is 386 g/mol. The van der Waals surface area contributed by atoms with Crippen molar-refractivity contribution in [3.8, 4) is 0 Å². The predicted octanol–water partition coefficient (Wildman–Crippen LogP) is 4.38. The summed E-state index contributed by atoms with van der Waals surface area (Å²) < 4.78 is 8.92. The predicted molar refractivity (Wildman–Crippen MR) is 111 cm³/mol. The smallest absolute Gasteiger partial charge is 0.330 e. The maximum Gasteiger partial charge on any atom is 0.330 e. The Hall–Kier alpha value is -2.76. The summed E-state index contributed by atoms with van der Waals surface area (Å²) in [6, 6.07) is 17.7. The third-order valence-electron chi connectivity index (χ3n) is 3.33. The second-order valence-electron chi connectivity index (χ2n) is 5.68. The van der Waals surface area contributed by atoms with Gasteiger partial charge >= 0.3 is 5.97 Å². The highest BCUT2D eigenvalue weighted by Crippen LogP contribution is 2.17. The molecule has 0 saturated carbocycles. The molecule has 1 atom stereocenters. The molecule has 0 radical (unpaired) electrons. The van der Waals surface area contributed by atoms with Crippen molar-refractivity contribution in [1.29, 1.82) is 0 Å². The molecule has 0 heterocycles. The van der Waals surface area contributed by atoms with Gasteiger partial charge in [-0.2, -0.15) is 0 Å². The summed E-state index contributed by atoms with van der Waals surface area (Å²) in [5.74, 6) is -0.602.